The number of aromatic amines is 1. The lowest BCUT2D eigenvalue weighted by Crippen LogP contribution is -2.18. The molecule has 2 rings (SSSR count). The summed E-state index contributed by atoms with van der Waals surface area (Å²) in [6.45, 7) is 8.37. The maximum Gasteiger partial charge on any atom is 0.251 e. The van der Waals surface area contributed by atoms with E-state index in [0.717, 1.165) is 35.3 Å². The van der Waals surface area contributed by atoms with Gasteiger partial charge in [0.1, 0.15) is 0 Å². The Hall–Kier alpha value is -1.73. The van der Waals surface area contributed by atoms with E-state index in [1.807, 2.05) is 18.2 Å². The topological polar surface area (TPSA) is 74.8 Å². The number of para-hydroxylation sites is 1. The summed E-state index contributed by atoms with van der Waals surface area (Å²) in [5.41, 5.74) is 3.73. The van der Waals surface area contributed by atoms with Crippen LogP contribution in [-0.2, 0) is 23.4 Å². The van der Waals surface area contributed by atoms with Crippen molar-refractivity contribution in [3.8, 4) is 0 Å². The van der Waals surface area contributed by atoms with Gasteiger partial charge in [-0.1, -0.05) is 57.7 Å². The minimum atomic E-state index is -0.183. The zero-order valence-corrected chi connectivity index (χ0v) is 17.9. The third-order valence-electron chi connectivity index (χ3n) is 3.94. The minimum absolute atomic E-state index is 0.0970. The molecule has 7 heteroatoms. The fourth-order valence-corrected chi connectivity index (χ4v) is 3.94. The van der Waals surface area contributed by atoms with Crippen LogP contribution >= 0.6 is 23.5 Å². The van der Waals surface area contributed by atoms with Gasteiger partial charge in [0.25, 0.3) is 5.56 Å². The zero-order valence-electron chi connectivity index (χ0n) is 16.3. The second kappa shape index (κ2) is 10.6. The van der Waals surface area contributed by atoms with E-state index in [0.29, 0.717) is 16.2 Å². The van der Waals surface area contributed by atoms with Crippen LogP contribution in [0.25, 0.3) is 0 Å². The van der Waals surface area contributed by atoms with Gasteiger partial charge in [-0.05, 0) is 29.2 Å². The number of rotatable bonds is 9. The molecule has 2 aromatic rings. The van der Waals surface area contributed by atoms with Gasteiger partial charge in [0.15, 0.2) is 5.16 Å². The molecule has 0 spiro atoms. The number of carbonyl (C=O) groups excluding carboxylic acids is 1. The number of nitrogens with zero attached hydrogens (tertiary/aromatic N) is 1. The second-order valence-electron chi connectivity index (χ2n) is 6.40. The predicted octanol–water partition coefficient (Wildman–Crippen LogP) is 4.27. The first kappa shape index (κ1) is 21.6. The molecule has 2 N–H and O–H groups in total. The summed E-state index contributed by atoms with van der Waals surface area (Å²) in [4.78, 5) is 31.5. The quantitative estimate of drug-likeness (QED) is 0.481. The highest BCUT2D eigenvalue weighted by atomic mass is 32.2. The molecule has 0 atom stereocenters. The van der Waals surface area contributed by atoms with Gasteiger partial charge < -0.3 is 10.3 Å². The van der Waals surface area contributed by atoms with Crippen LogP contribution in [-0.4, -0.2) is 26.9 Å². The molecule has 1 amide bonds. The van der Waals surface area contributed by atoms with Gasteiger partial charge >= 0.3 is 0 Å². The first-order chi connectivity index (χ1) is 12.9. The Morgan fingerprint density at radius 1 is 1.22 bits per heavy atom. The molecule has 0 aliphatic heterocycles. The van der Waals surface area contributed by atoms with Crippen LogP contribution in [0, 0.1) is 0 Å². The Bertz CT molecular complexity index is 812. The molecule has 0 aliphatic rings. The monoisotopic (exact) mass is 405 g/mol. The molecule has 1 aromatic carbocycles. The Kier molecular flexibility index (Phi) is 8.44. The van der Waals surface area contributed by atoms with E-state index in [1.54, 1.807) is 11.8 Å². The van der Waals surface area contributed by atoms with E-state index in [1.165, 1.54) is 17.8 Å². The number of nitrogens with one attached hydrogen (secondary N) is 2. The van der Waals surface area contributed by atoms with Crippen molar-refractivity contribution in [3.05, 3.63) is 51.4 Å². The fourth-order valence-electron chi connectivity index (χ4n) is 2.59. The number of anilines is 1. The summed E-state index contributed by atoms with van der Waals surface area (Å²) >= 11 is 2.98. The Labute approximate surface area is 169 Å². The molecule has 0 aliphatic carbocycles. The molecule has 0 fully saturated rings. The van der Waals surface area contributed by atoms with Gasteiger partial charge in [-0.25, -0.2) is 4.98 Å². The first-order valence-corrected chi connectivity index (χ1v) is 11.2. The molecule has 0 saturated heterocycles. The van der Waals surface area contributed by atoms with Gasteiger partial charge in [-0.15, -0.1) is 0 Å². The molecule has 0 saturated carbocycles. The van der Waals surface area contributed by atoms with Crippen molar-refractivity contribution >= 4 is 35.1 Å². The van der Waals surface area contributed by atoms with Crippen molar-refractivity contribution in [1.29, 1.82) is 0 Å². The standard InChI is InChI=1S/C20H27N3O2S2/c1-5-14-8-7-9-15(6-2)19(14)22-18(25)12-27-20-21-16(10-17(24)23-20)11-26-13(3)4/h7-10,13H,5-6,11-12H2,1-4H3,(H,22,25)(H,21,23,24). The lowest BCUT2D eigenvalue weighted by molar-refractivity contribution is -0.113. The van der Waals surface area contributed by atoms with Crippen molar-refractivity contribution in [2.45, 2.75) is 56.7 Å². The molecule has 0 radical (unpaired) electrons. The molecule has 1 heterocycles. The van der Waals surface area contributed by atoms with E-state index in [4.69, 9.17) is 0 Å². The summed E-state index contributed by atoms with van der Waals surface area (Å²) in [5.74, 6) is 0.788. The molecule has 5 nitrogen and oxygen atoms in total. The number of amides is 1. The van der Waals surface area contributed by atoms with E-state index in [-0.39, 0.29) is 17.2 Å². The van der Waals surface area contributed by atoms with E-state index < -0.39 is 0 Å². The second-order valence-corrected chi connectivity index (χ2v) is 8.93. The number of aryl methyl sites for hydroxylation is 2. The third-order valence-corrected chi connectivity index (χ3v) is 5.94. The third kappa shape index (κ3) is 6.74. The predicted molar refractivity (Wildman–Crippen MR) is 116 cm³/mol. The zero-order chi connectivity index (χ0) is 19.8. The minimum Gasteiger partial charge on any atom is -0.325 e. The summed E-state index contributed by atoms with van der Waals surface area (Å²) < 4.78 is 0. The van der Waals surface area contributed by atoms with Gasteiger partial charge in [0.05, 0.1) is 11.4 Å². The summed E-state index contributed by atoms with van der Waals surface area (Å²) in [5, 5.41) is 3.99. The fraction of sp³-hybridized carbons (Fsp3) is 0.450. The smallest absolute Gasteiger partial charge is 0.251 e. The van der Waals surface area contributed by atoms with E-state index in [9.17, 15) is 9.59 Å². The van der Waals surface area contributed by atoms with Crippen LogP contribution in [0.1, 0.15) is 44.5 Å². The lowest BCUT2D eigenvalue weighted by atomic mass is 10.0. The first-order valence-electron chi connectivity index (χ1n) is 9.18. The molecule has 146 valence electrons. The average Bonchev–Trinajstić information content (AvgIpc) is 2.64. The van der Waals surface area contributed by atoms with Crippen molar-refractivity contribution < 1.29 is 4.79 Å². The normalized spacial score (nSPS) is 11.0. The summed E-state index contributed by atoms with van der Waals surface area (Å²) in [6.07, 6.45) is 1.72. The number of benzene rings is 1. The van der Waals surface area contributed by atoms with Crippen LogP contribution in [0.2, 0.25) is 0 Å². The maximum atomic E-state index is 12.5. The van der Waals surface area contributed by atoms with Crippen LogP contribution < -0.4 is 10.9 Å². The molecule has 27 heavy (non-hydrogen) atoms. The van der Waals surface area contributed by atoms with Gasteiger partial charge in [-0.3, -0.25) is 9.59 Å². The van der Waals surface area contributed by atoms with E-state index >= 15 is 0 Å². The largest absolute Gasteiger partial charge is 0.325 e. The van der Waals surface area contributed by atoms with Crippen molar-refractivity contribution in [1.82, 2.24) is 9.97 Å². The Morgan fingerprint density at radius 2 is 1.89 bits per heavy atom. The van der Waals surface area contributed by atoms with Crippen molar-refractivity contribution in [2.24, 2.45) is 0 Å². The molecular weight excluding hydrogens is 378 g/mol. The highest BCUT2D eigenvalue weighted by Gasteiger charge is 2.12. The summed E-state index contributed by atoms with van der Waals surface area (Å²) in [6, 6.07) is 7.62. The van der Waals surface area contributed by atoms with Crippen LogP contribution in [0.5, 0.6) is 0 Å². The SMILES string of the molecule is CCc1cccc(CC)c1NC(=O)CSc1nc(CSC(C)C)cc(=O)[nH]1. The average molecular weight is 406 g/mol. The van der Waals surface area contributed by atoms with Crippen LogP contribution in [0.3, 0.4) is 0 Å². The number of hydrogen-bond acceptors (Lipinski definition) is 5. The Morgan fingerprint density at radius 3 is 2.48 bits per heavy atom. The van der Waals surface area contributed by atoms with E-state index in [2.05, 4.69) is 43.0 Å². The molecule has 0 unspecified atom stereocenters. The van der Waals surface area contributed by atoms with Crippen LogP contribution in [0.15, 0.2) is 34.2 Å². The number of hydrogen-bond donors (Lipinski definition) is 2. The molecule has 0 bridgehead atoms. The highest BCUT2D eigenvalue weighted by Crippen LogP contribution is 2.23. The van der Waals surface area contributed by atoms with Crippen LogP contribution in [0.4, 0.5) is 5.69 Å². The van der Waals surface area contributed by atoms with Gasteiger partial charge in [-0.2, -0.15) is 11.8 Å². The van der Waals surface area contributed by atoms with Gasteiger partial charge in [0.2, 0.25) is 5.91 Å². The number of aromatic nitrogens is 2. The number of H-pyrrole nitrogens is 1. The highest BCUT2D eigenvalue weighted by molar-refractivity contribution is 7.99. The maximum absolute atomic E-state index is 12.5. The van der Waals surface area contributed by atoms with Gasteiger partial charge in [0, 0.05) is 17.5 Å². The Balaban J connectivity index is 2.03. The molecular formula is C20H27N3O2S2. The lowest BCUT2D eigenvalue weighted by Gasteiger charge is -2.14. The molecule has 1 aromatic heterocycles. The summed E-state index contributed by atoms with van der Waals surface area (Å²) in [7, 11) is 0. The van der Waals surface area contributed by atoms with Crippen molar-refractivity contribution in [2.75, 3.05) is 11.1 Å². The number of carbonyl (C=O) groups is 1. The van der Waals surface area contributed by atoms with Crippen molar-refractivity contribution in [3.63, 3.8) is 0 Å². The number of thioether (sulfide) groups is 2.